The quantitative estimate of drug-likeness (QED) is 0.789. The van der Waals surface area contributed by atoms with Crippen molar-refractivity contribution >= 4 is 0 Å². The highest BCUT2D eigenvalue weighted by molar-refractivity contribution is 5.45. The second-order valence-electron chi connectivity index (χ2n) is 4.77. The van der Waals surface area contributed by atoms with E-state index in [1.165, 1.54) is 0 Å². The minimum absolute atomic E-state index is 0.0923. The van der Waals surface area contributed by atoms with Crippen LogP contribution in [0.3, 0.4) is 0 Å². The summed E-state index contributed by atoms with van der Waals surface area (Å²) >= 11 is 0. The first-order chi connectivity index (χ1) is 10.3. The van der Waals surface area contributed by atoms with Crippen LogP contribution >= 0.6 is 0 Å². The second-order valence-corrected chi connectivity index (χ2v) is 4.77. The standard InChI is InChI=1S/C15H15N5O/c1-10(13(16)11-5-3-2-4-6-11)15-19-14(20-21-15)12-9-17-7-8-18-12/h2-10,13H,16H2,1H3. The van der Waals surface area contributed by atoms with E-state index >= 15 is 0 Å². The summed E-state index contributed by atoms with van der Waals surface area (Å²) in [4.78, 5) is 12.5. The third-order valence-corrected chi connectivity index (χ3v) is 3.35. The molecular weight excluding hydrogens is 266 g/mol. The Balaban J connectivity index is 1.83. The van der Waals surface area contributed by atoms with Gasteiger partial charge in [-0.15, -0.1) is 0 Å². The molecule has 0 saturated carbocycles. The summed E-state index contributed by atoms with van der Waals surface area (Å²) in [5.74, 6) is 0.822. The van der Waals surface area contributed by atoms with Gasteiger partial charge < -0.3 is 10.3 Å². The van der Waals surface area contributed by atoms with Crippen LogP contribution in [0.5, 0.6) is 0 Å². The van der Waals surface area contributed by atoms with Crippen LogP contribution in [0, 0.1) is 0 Å². The monoisotopic (exact) mass is 281 g/mol. The fraction of sp³-hybridized carbons (Fsp3) is 0.200. The molecule has 2 atom stereocenters. The molecule has 106 valence electrons. The lowest BCUT2D eigenvalue weighted by atomic mass is 9.95. The first-order valence-corrected chi connectivity index (χ1v) is 6.66. The Hall–Kier alpha value is -2.60. The van der Waals surface area contributed by atoms with Crippen LogP contribution in [0.25, 0.3) is 11.5 Å². The van der Waals surface area contributed by atoms with Gasteiger partial charge in [0.15, 0.2) is 0 Å². The summed E-state index contributed by atoms with van der Waals surface area (Å²) in [6.07, 6.45) is 4.78. The van der Waals surface area contributed by atoms with E-state index in [-0.39, 0.29) is 12.0 Å². The third-order valence-electron chi connectivity index (χ3n) is 3.35. The first-order valence-electron chi connectivity index (χ1n) is 6.66. The summed E-state index contributed by atoms with van der Waals surface area (Å²) in [5.41, 5.74) is 7.87. The summed E-state index contributed by atoms with van der Waals surface area (Å²) in [6.45, 7) is 1.96. The zero-order valence-electron chi connectivity index (χ0n) is 11.5. The van der Waals surface area contributed by atoms with E-state index in [0.29, 0.717) is 17.4 Å². The van der Waals surface area contributed by atoms with Crippen LogP contribution in [0.15, 0.2) is 53.4 Å². The van der Waals surface area contributed by atoms with E-state index in [1.54, 1.807) is 18.6 Å². The van der Waals surface area contributed by atoms with Crippen LogP contribution in [-0.2, 0) is 0 Å². The lowest BCUT2D eigenvalue weighted by Crippen LogP contribution is -2.17. The van der Waals surface area contributed by atoms with Crippen LogP contribution in [-0.4, -0.2) is 20.1 Å². The average Bonchev–Trinajstić information content (AvgIpc) is 3.05. The molecule has 2 heterocycles. The maximum Gasteiger partial charge on any atom is 0.231 e. The zero-order valence-corrected chi connectivity index (χ0v) is 11.5. The largest absolute Gasteiger partial charge is 0.339 e. The maximum absolute atomic E-state index is 6.26. The Morgan fingerprint density at radius 2 is 1.95 bits per heavy atom. The van der Waals surface area contributed by atoms with Crippen molar-refractivity contribution in [1.82, 2.24) is 20.1 Å². The topological polar surface area (TPSA) is 90.7 Å². The Bertz CT molecular complexity index is 698. The Morgan fingerprint density at radius 3 is 2.67 bits per heavy atom. The van der Waals surface area contributed by atoms with Crippen molar-refractivity contribution in [3.63, 3.8) is 0 Å². The van der Waals surface area contributed by atoms with Crippen LogP contribution in [0.4, 0.5) is 0 Å². The first kappa shape index (κ1) is 13.4. The molecule has 0 spiro atoms. The van der Waals surface area contributed by atoms with E-state index in [4.69, 9.17) is 10.3 Å². The SMILES string of the molecule is CC(c1nc(-c2cnccn2)no1)C(N)c1ccccc1. The van der Waals surface area contributed by atoms with Gasteiger partial charge in [-0.25, -0.2) is 4.98 Å². The summed E-state index contributed by atoms with van der Waals surface area (Å²) in [5, 5.41) is 3.94. The van der Waals surface area contributed by atoms with E-state index < -0.39 is 0 Å². The minimum atomic E-state index is -0.207. The van der Waals surface area contributed by atoms with Crippen LogP contribution in [0.2, 0.25) is 0 Å². The summed E-state index contributed by atoms with van der Waals surface area (Å²) in [6, 6.07) is 9.64. The molecule has 2 N–H and O–H groups in total. The van der Waals surface area contributed by atoms with Gasteiger partial charge in [0.2, 0.25) is 11.7 Å². The molecule has 2 aromatic heterocycles. The number of hydrogen-bond donors (Lipinski definition) is 1. The molecule has 3 aromatic rings. The second kappa shape index (κ2) is 5.80. The number of nitrogens with zero attached hydrogens (tertiary/aromatic N) is 4. The van der Waals surface area contributed by atoms with E-state index in [0.717, 1.165) is 5.56 Å². The van der Waals surface area contributed by atoms with Gasteiger partial charge in [-0.2, -0.15) is 4.98 Å². The molecule has 3 rings (SSSR count). The molecule has 0 aliphatic heterocycles. The maximum atomic E-state index is 6.26. The summed E-state index contributed by atoms with van der Waals surface area (Å²) < 4.78 is 5.31. The van der Waals surface area contributed by atoms with Gasteiger partial charge in [0.25, 0.3) is 0 Å². The van der Waals surface area contributed by atoms with Gasteiger partial charge in [-0.1, -0.05) is 42.4 Å². The highest BCUT2D eigenvalue weighted by Crippen LogP contribution is 2.28. The van der Waals surface area contributed by atoms with Crippen LogP contribution < -0.4 is 5.73 Å². The van der Waals surface area contributed by atoms with E-state index in [9.17, 15) is 0 Å². The third kappa shape index (κ3) is 2.80. The van der Waals surface area contributed by atoms with Crippen LogP contribution in [0.1, 0.15) is 30.3 Å². The molecule has 0 aliphatic carbocycles. The van der Waals surface area contributed by atoms with E-state index in [1.807, 2.05) is 37.3 Å². The molecule has 0 aliphatic rings. The molecule has 6 heteroatoms. The van der Waals surface area contributed by atoms with Gasteiger partial charge in [-0.05, 0) is 5.56 Å². The highest BCUT2D eigenvalue weighted by atomic mass is 16.5. The highest BCUT2D eigenvalue weighted by Gasteiger charge is 2.23. The number of nitrogens with two attached hydrogens (primary N) is 1. The molecular formula is C15H15N5O. The molecule has 1 aromatic carbocycles. The Morgan fingerprint density at radius 1 is 1.14 bits per heavy atom. The average molecular weight is 281 g/mol. The molecule has 0 fully saturated rings. The molecule has 0 amide bonds. The lowest BCUT2D eigenvalue weighted by Gasteiger charge is -2.16. The van der Waals surface area contributed by atoms with Gasteiger partial charge in [0.1, 0.15) is 5.69 Å². The Labute approximate surface area is 122 Å². The normalized spacial score (nSPS) is 13.8. The lowest BCUT2D eigenvalue weighted by molar-refractivity contribution is 0.343. The number of aromatic nitrogens is 4. The number of benzene rings is 1. The minimum Gasteiger partial charge on any atom is -0.339 e. The molecule has 6 nitrogen and oxygen atoms in total. The zero-order chi connectivity index (χ0) is 14.7. The van der Waals surface area contributed by atoms with Crippen molar-refractivity contribution < 1.29 is 4.52 Å². The number of hydrogen-bond acceptors (Lipinski definition) is 6. The van der Waals surface area contributed by atoms with Crippen molar-refractivity contribution in [2.24, 2.45) is 5.73 Å². The van der Waals surface area contributed by atoms with Crippen molar-refractivity contribution in [3.05, 3.63) is 60.4 Å². The summed E-state index contributed by atoms with van der Waals surface area (Å²) in [7, 11) is 0. The molecule has 0 radical (unpaired) electrons. The van der Waals surface area contributed by atoms with Crippen molar-refractivity contribution in [2.45, 2.75) is 18.9 Å². The Kier molecular flexibility index (Phi) is 3.70. The van der Waals surface area contributed by atoms with Crippen molar-refractivity contribution in [1.29, 1.82) is 0 Å². The van der Waals surface area contributed by atoms with E-state index in [2.05, 4.69) is 20.1 Å². The van der Waals surface area contributed by atoms with Gasteiger partial charge in [0.05, 0.1) is 12.1 Å². The van der Waals surface area contributed by atoms with Gasteiger partial charge in [-0.3, -0.25) is 4.98 Å². The molecule has 21 heavy (non-hydrogen) atoms. The predicted octanol–water partition coefficient (Wildman–Crippen LogP) is 2.33. The van der Waals surface area contributed by atoms with Gasteiger partial charge in [0, 0.05) is 18.4 Å². The van der Waals surface area contributed by atoms with Gasteiger partial charge >= 0.3 is 0 Å². The smallest absolute Gasteiger partial charge is 0.231 e. The molecule has 2 unspecified atom stereocenters. The van der Waals surface area contributed by atoms with Crippen molar-refractivity contribution in [2.75, 3.05) is 0 Å². The fourth-order valence-electron chi connectivity index (χ4n) is 2.06. The molecule has 0 bridgehead atoms. The molecule has 0 saturated heterocycles. The fourth-order valence-corrected chi connectivity index (χ4v) is 2.06. The number of rotatable bonds is 4. The predicted molar refractivity (Wildman–Crippen MR) is 77.1 cm³/mol. The van der Waals surface area contributed by atoms with Crippen molar-refractivity contribution in [3.8, 4) is 11.5 Å².